The molecular formula is C25H20BrCl3MgN6. The second kappa shape index (κ2) is 15.8. The molecule has 0 saturated heterocycles. The molecule has 36 heavy (non-hydrogen) atoms. The summed E-state index contributed by atoms with van der Waals surface area (Å²) in [5.41, 5.74) is 4.17. The fourth-order valence-electron chi connectivity index (χ4n) is 3.08. The summed E-state index contributed by atoms with van der Waals surface area (Å²) in [5.74, 6) is 0. The second-order valence-electron chi connectivity index (χ2n) is 6.67. The molecule has 4 aromatic heterocycles. The van der Waals surface area contributed by atoms with Crippen LogP contribution < -0.4 is 17.0 Å². The van der Waals surface area contributed by atoms with E-state index in [1.54, 1.807) is 12.3 Å². The number of nitrogens with zero attached hydrogens (tertiary/aromatic N) is 4. The number of aromatic amines is 2. The molecule has 180 valence electrons. The van der Waals surface area contributed by atoms with Crippen molar-refractivity contribution in [1.29, 1.82) is 0 Å². The van der Waals surface area contributed by atoms with E-state index in [-0.39, 0.29) is 58.0 Å². The molecule has 0 aliphatic carbocycles. The van der Waals surface area contributed by atoms with E-state index in [0.29, 0.717) is 5.15 Å². The number of halogens is 4. The van der Waals surface area contributed by atoms with Crippen molar-refractivity contribution in [2.24, 2.45) is 0 Å². The minimum absolute atomic E-state index is 0. The van der Waals surface area contributed by atoms with Gasteiger partial charge in [0.05, 0.1) is 5.69 Å². The standard InChI is InChI=1S/C12H8ClN3.C8H7N.C4H2Cl2N2.CH3.BrH.Mg/c13-12-14-6-5-11(16-12)9-7-15-10-4-2-1-3-8(9)10;1-2-4-8-7(3-1)5-6-9-8;5-3-1-2-7-4(6)8-3;;;/h1-7,15H;1-6,9H;1-2H;1H3;1H;/q;;;-1;;+2/p-1. The third-order valence-electron chi connectivity index (χ3n) is 4.55. The van der Waals surface area contributed by atoms with Gasteiger partial charge < -0.3 is 34.4 Å². The molecule has 0 spiro atoms. The molecule has 4 heterocycles. The third-order valence-corrected chi connectivity index (χ3v) is 5.12. The van der Waals surface area contributed by atoms with Crippen LogP contribution >= 0.6 is 34.8 Å². The summed E-state index contributed by atoms with van der Waals surface area (Å²) >= 11 is 16.5. The van der Waals surface area contributed by atoms with Gasteiger partial charge in [-0.1, -0.05) is 48.0 Å². The molecular weight excluding hydrogens is 595 g/mol. The summed E-state index contributed by atoms with van der Waals surface area (Å²) in [6.45, 7) is 0. The molecule has 0 atom stereocenters. The Labute approximate surface area is 250 Å². The Balaban J connectivity index is 0.000000280. The zero-order valence-electron chi connectivity index (χ0n) is 19.2. The van der Waals surface area contributed by atoms with Gasteiger partial charge in [0, 0.05) is 46.8 Å². The Kier molecular flexibility index (Phi) is 14.0. The molecule has 0 radical (unpaired) electrons. The van der Waals surface area contributed by atoms with Crippen molar-refractivity contribution >= 4 is 79.7 Å². The molecule has 0 unspecified atom stereocenters. The van der Waals surface area contributed by atoms with Crippen LogP contribution in [0.1, 0.15) is 0 Å². The first kappa shape index (κ1) is 31.8. The molecule has 2 aromatic carbocycles. The maximum atomic E-state index is 5.78. The molecule has 0 saturated carbocycles. The molecule has 6 rings (SSSR count). The molecule has 6 aromatic rings. The fourth-order valence-corrected chi connectivity index (χ4v) is 3.55. The first-order valence-corrected chi connectivity index (χ1v) is 10.9. The van der Waals surface area contributed by atoms with Crippen molar-refractivity contribution < 1.29 is 17.0 Å². The Morgan fingerprint density at radius 2 is 1.31 bits per heavy atom. The van der Waals surface area contributed by atoms with Crippen LogP contribution in [-0.4, -0.2) is 53.0 Å². The van der Waals surface area contributed by atoms with E-state index < -0.39 is 0 Å². The van der Waals surface area contributed by atoms with Crippen molar-refractivity contribution in [3.05, 3.63) is 115 Å². The summed E-state index contributed by atoms with van der Waals surface area (Å²) in [7, 11) is 0. The van der Waals surface area contributed by atoms with Gasteiger partial charge in [0.2, 0.25) is 10.6 Å². The summed E-state index contributed by atoms with van der Waals surface area (Å²) in [5, 5.41) is 3.22. The number of aromatic nitrogens is 6. The Bertz CT molecular complexity index is 1440. The second-order valence-corrected chi connectivity index (χ2v) is 7.74. The van der Waals surface area contributed by atoms with Crippen LogP contribution in [0.5, 0.6) is 0 Å². The number of fused-ring (bicyclic) bond motifs is 2. The van der Waals surface area contributed by atoms with E-state index in [1.807, 2.05) is 48.8 Å². The van der Waals surface area contributed by atoms with Crippen molar-refractivity contribution in [1.82, 2.24) is 29.9 Å². The zero-order chi connectivity index (χ0) is 23.0. The van der Waals surface area contributed by atoms with Crippen LogP contribution in [0.4, 0.5) is 0 Å². The average molecular weight is 615 g/mol. The van der Waals surface area contributed by atoms with Crippen LogP contribution in [0.25, 0.3) is 33.1 Å². The molecule has 0 bridgehead atoms. The molecule has 11 heteroatoms. The van der Waals surface area contributed by atoms with Gasteiger partial charge in [0.1, 0.15) is 5.15 Å². The summed E-state index contributed by atoms with van der Waals surface area (Å²) in [6.07, 6.45) is 7.04. The van der Waals surface area contributed by atoms with E-state index in [2.05, 4.69) is 54.2 Å². The van der Waals surface area contributed by atoms with E-state index in [9.17, 15) is 0 Å². The number of rotatable bonds is 1. The van der Waals surface area contributed by atoms with Gasteiger partial charge in [-0.15, -0.1) is 0 Å². The Hall–Kier alpha value is -2.20. The maximum Gasteiger partial charge on any atom is 2.00 e. The van der Waals surface area contributed by atoms with Gasteiger partial charge >= 0.3 is 23.1 Å². The number of para-hydroxylation sites is 2. The van der Waals surface area contributed by atoms with Crippen LogP contribution in [0.2, 0.25) is 15.7 Å². The van der Waals surface area contributed by atoms with E-state index in [0.717, 1.165) is 22.2 Å². The first-order chi connectivity index (χ1) is 16.1. The minimum atomic E-state index is 0. The molecule has 0 aliphatic rings. The summed E-state index contributed by atoms with van der Waals surface area (Å²) < 4.78 is 0. The Morgan fingerprint density at radius 3 is 1.94 bits per heavy atom. The number of hydrogen-bond acceptors (Lipinski definition) is 4. The average Bonchev–Trinajstić information content (AvgIpc) is 3.47. The van der Waals surface area contributed by atoms with Crippen molar-refractivity contribution in [3.8, 4) is 11.3 Å². The molecule has 0 fully saturated rings. The van der Waals surface area contributed by atoms with E-state index in [1.165, 1.54) is 17.1 Å². The predicted molar refractivity (Wildman–Crippen MR) is 147 cm³/mol. The molecule has 2 N–H and O–H groups in total. The fraction of sp³-hybridized carbons (Fsp3) is 0. The van der Waals surface area contributed by atoms with Crippen molar-refractivity contribution in [2.45, 2.75) is 0 Å². The zero-order valence-corrected chi connectivity index (χ0v) is 24.4. The van der Waals surface area contributed by atoms with Crippen molar-refractivity contribution in [3.63, 3.8) is 0 Å². The predicted octanol–water partition coefficient (Wildman–Crippen LogP) is 4.30. The van der Waals surface area contributed by atoms with Crippen LogP contribution in [0.15, 0.2) is 91.5 Å². The van der Waals surface area contributed by atoms with Gasteiger partial charge in [-0.25, -0.2) is 19.9 Å². The van der Waals surface area contributed by atoms with Gasteiger partial charge in [-0.3, -0.25) is 0 Å². The summed E-state index contributed by atoms with van der Waals surface area (Å²) in [4.78, 5) is 21.6. The van der Waals surface area contributed by atoms with Crippen LogP contribution in [0, 0.1) is 7.43 Å². The minimum Gasteiger partial charge on any atom is -1.00 e. The number of nitrogens with one attached hydrogen (secondary N) is 2. The van der Waals surface area contributed by atoms with E-state index in [4.69, 9.17) is 34.8 Å². The third kappa shape index (κ3) is 8.72. The molecule has 0 amide bonds. The quantitative estimate of drug-likeness (QED) is 0.125. The van der Waals surface area contributed by atoms with E-state index >= 15 is 0 Å². The van der Waals surface area contributed by atoms with Crippen molar-refractivity contribution in [2.75, 3.05) is 0 Å². The maximum absolute atomic E-state index is 5.78. The van der Waals surface area contributed by atoms with Crippen LogP contribution in [0.3, 0.4) is 0 Å². The number of benzene rings is 2. The summed E-state index contributed by atoms with van der Waals surface area (Å²) in [6, 6.07) is 21.8. The van der Waals surface area contributed by atoms with Crippen LogP contribution in [-0.2, 0) is 0 Å². The monoisotopic (exact) mass is 612 g/mol. The van der Waals surface area contributed by atoms with Gasteiger partial charge in [-0.2, -0.15) is 0 Å². The smallest absolute Gasteiger partial charge is 1.00 e. The topological polar surface area (TPSA) is 83.1 Å². The number of hydrogen-bond donors (Lipinski definition) is 2. The Morgan fingerprint density at radius 1 is 0.667 bits per heavy atom. The SMILES string of the molecule is Clc1ccnc(Cl)n1.Clc1nccc(-c2c[nH]c3ccccc23)n1.[Br-].[CH3-].[Mg+2].c1ccc2[nH]ccc2c1. The van der Waals surface area contributed by atoms with Gasteiger partial charge in [0.25, 0.3) is 0 Å². The van der Waals surface area contributed by atoms with Gasteiger partial charge in [-0.05, 0) is 58.9 Å². The molecule has 6 nitrogen and oxygen atoms in total. The number of H-pyrrole nitrogens is 2. The molecule has 0 aliphatic heterocycles. The first-order valence-electron chi connectivity index (χ1n) is 9.81. The largest absolute Gasteiger partial charge is 2.00 e. The normalized spacial score (nSPS) is 9.42. The van der Waals surface area contributed by atoms with Gasteiger partial charge in [0.15, 0.2) is 0 Å².